The molecule has 0 aliphatic heterocycles. The molecule has 2 aromatic heterocycles. The highest BCUT2D eigenvalue weighted by molar-refractivity contribution is 5.86. The van der Waals surface area contributed by atoms with Crippen molar-refractivity contribution >= 4 is 16.8 Å². The van der Waals surface area contributed by atoms with Crippen LogP contribution in [0.4, 0.5) is 8.78 Å². The van der Waals surface area contributed by atoms with E-state index in [0.29, 0.717) is 18.0 Å². The Labute approximate surface area is 155 Å². The number of hydrogen-bond donors (Lipinski definition) is 1. The van der Waals surface area contributed by atoms with Gasteiger partial charge in [0.25, 0.3) is 6.43 Å². The summed E-state index contributed by atoms with van der Waals surface area (Å²) in [5.74, 6) is 0.333. The molecule has 8 heteroatoms. The van der Waals surface area contributed by atoms with Gasteiger partial charge in [0.05, 0.1) is 24.2 Å². The van der Waals surface area contributed by atoms with Crippen molar-refractivity contribution in [2.75, 3.05) is 13.7 Å². The van der Waals surface area contributed by atoms with Crippen LogP contribution in [0.3, 0.4) is 0 Å². The van der Waals surface area contributed by atoms with E-state index < -0.39 is 13.0 Å². The number of ether oxygens (including phenoxy) is 1. The van der Waals surface area contributed by atoms with Crippen molar-refractivity contribution in [3.05, 3.63) is 53.5 Å². The summed E-state index contributed by atoms with van der Waals surface area (Å²) in [4.78, 5) is 15.9. The summed E-state index contributed by atoms with van der Waals surface area (Å²) >= 11 is 0. The molecule has 0 atom stereocenters. The standard InChI is InChI=1S/C19H20F2N4O2/c1-12-7-13(3-4-17(12)27-11-18(20)21)9-25-10-14-15(24-25)5-6-23-16(14)8-19(26)22-2/h3-7,10,18H,8-9,11H2,1-2H3,(H,22,26). The average molecular weight is 374 g/mol. The Bertz CT molecular complexity index is 956. The van der Waals surface area contributed by atoms with E-state index in [0.717, 1.165) is 22.0 Å². The molecule has 0 saturated carbocycles. The van der Waals surface area contributed by atoms with Crippen molar-refractivity contribution in [1.82, 2.24) is 20.1 Å². The second kappa shape index (κ2) is 8.11. The molecule has 3 rings (SSSR count). The third-order valence-electron chi connectivity index (χ3n) is 4.12. The quantitative estimate of drug-likeness (QED) is 0.690. The lowest BCUT2D eigenvalue weighted by molar-refractivity contribution is -0.119. The zero-order chi connectivity index (χ0) is 19.4. The minimum absolute atomic E-state index is 0.113. The molecule has 142 valence electrons. The Morgan fingerprint density at radius 3 is 2.85 bits per heavy atom. The Morgan fingerprint density at radius 2 is 2.15 bits per heavy atom. The fraction of sp³-hybridized carbons (Fsp3) is 0.316. The minimum Gasteiger partial charge on any atom is -0.487 e. The number of aryl methyl sites for hydroxylation is 1. The number of carbonyl (C=O) groups excluding carboxylic acids is 1. The number of halogens is 2. The highest BCUT2D eigenvalue weighted by atomic mass is 19.3. The van der Waals surface area contributed by atoms with Crippen molar-refractivity contribution in [2.24, 2.45) is 0 Å². The number of amides is 1. The van der Waals surface area contributed by atoms with Crippen LogP contribution in [0.1, 0.15) is 16.8 Å². The van der Waals surface area contributed by atoms with Crippen molar-refractivity contribution < 1.29 is 18.3 Å². The molecule has 0 bridgehead atoms. The van der Waals surface area contributed by atoms with Gasteiger partial charge in [0.15, 0.2) is 0 Å². The molecule has 0 unspecified atom stereocenters. The number of pyridine rings is 1. The van der Waals surface area contributed by atoms with Gasteiger partial charge >= 0.3 is 0 Å². The van der Waals surface area contributed by atoms with E-state index in [1.165, 1.54) is 0 Å². The number of rotatable bonds is 7. The van der Waals surface area contributed by atoms with Crippen LogP contribution in [0.2, 0.25) is 0 Å². The summed E-state index contributed by atoms with van der Waals surface area (Å²) in [5.41, 5.74) is 3.18. The van der Waals surface area contributed by atoms with Crippen LogP contribution < -0.4 is 10.1 Å². The molecular weight excluding hydrogens is 354 g/mol. The maximum absolute atomic E-state index is 12.3. The SMILES string of the molecule is CNC(=O)Cc1nccc2nn(Cc3ccc(OCC(F)F)c(C)c3)cc12. The number of carbonyl (C=O) groups is 1. The Morgan fingerprint density at radius 1 is 1.33 bits per heavy atom. The van der Waals surface area contributed by atoms with E-state index in [1.54, 1.807) is 30.1 Å². The van der Waals surface area contributed by atoms with Crippen LogP contribution in [0, 0.1) is 6.92 Å². The second-order valence-electron chi connectivity index (χ2n) is 6.17. The van der Waals surface area contributed by atoms with Gasteiger partial charge in [-0.3, -0.25) is 14.5 Å². The van der Waals surface area contributed by atoms with Gasteiger partial charge in [-0.1, -0.05) is 12.1 Å². The Kier molecular flexibility index (Phi) is 5.63. The number of aromatic nitrogens is 3. The number of hydrogen-bond acceptors (Lipinski definition) is 4. The number of alkyl halides is 2. The predicted octanol–water partition coefficient (Wildman–Crippen LogP) is 2.72. The lowest BCUT2D eigenvalue weighted by Gasteiger charge is -2.10. The monoisotopic (exact) mass is 374 g/mol. The lowest BCUT2D eigenvalue weighted by Crippen LogP contribution is -2.20. The van der Waals surface area contributed by atoms with Crippen LogP contribution in [-0.2, 0) is 17.8 Å². The van der Waals surface area contributed by atoms with Gasteiger partial charge in [0, 0.05) is 24.8 Å². The minimum atomic E-state index is -2.50. The lowest BCUT2D eigenvalue weighted by atomic mass is 10.1. The van der Waals surface area contributed by atoms with Crippen LogP contribution in [-0.4, -0.2) is 40.8 Å². The molecule has 2 heterocycles. The highest BCUT2D eigenvalue weighted by Crippen LogP contribution is 2.21. The number of nitrogens with zero attached hydrogens (tertiary/aromatic N) is 3. The van der Waals surface area contributed by atoms with Gasteiger partial charge in [-0.25, -0.2) is 8.78 Å². The van der Waals surface area contributed by atoms with Gasteiger partial charge in [-0.2, -0.15) is 5.10 Å². The molecule has 3 aromatic rings. The van der Waals surface area contributed by atoms with Crippen LogP contribution in [0.25, 0.3) is 10.9 Å². The van der Waals surface area contributed by atoms with Gasteiger partial charge in [0.1, 0.15) is 12.4 Å². The van der Waals surface area contributed by atoms with Crippen molar-refractivity contribution in [1.29, 1.82) is 0 Å². The molecular formula is C19H20F2N4O2. The first-order chi connectivity index (χ1) is 13.0. The van der Waals surface area contributed by atoms with Gasteiger partial charge in [-0.05, 0) is 30.2 Å². The molecule has 1 aromatic carbocycles. The van der Waals surface area contributed by atoms with Crippen LogP contribution in [0.5, 0.6) is 5.75 Å². The van der Waals surface area contributed by atoms with Crippen LogP contribution in [0.15, 0.2) is 36.7 Å². The summed E-state index contributed by atoms with van der Waals surface area (Å²) in [7, 11) is 1.59. The zero-order valence-electron chi connectivity index (χ0n) is 15.1. The molecule has 0 radical (unpaired) electrons. The van der Waals surface area contributed by atoms with Crippen molar-refractivity contribution in [3.8, 4) is 5.75 Å². The maximum atomic E-state index is 12.3. The molecule has 0 fully saturated rings. The zero-order valence-corrected chi connectivity index (χ0v) is 15.1. The predicted molar refractivity (Wildman–Crippen MR) is 97.1 cm³/mol. The number of benzene rings is 1. The summed E-state index contributed by atoms with van der Waals surface area (Å²) in [6.07, 6.45) is 1.18. The summed E-state index contributed by atoms with van der Waals surface area (Å²) in [5, 5.41) is 7.94. The third-order valence-corrected chi connectivity index (χ3v) is 4.12. The van der Waals surface area contributed by atoms with E-state index in [1.807, 2.05) is 25.3 Å². The number of nitrogens with one attached hydrogen (secondary N) is 1. The number of likely N-dealkylation sites (N-methyl/N-ethyl adjacent to an activating group) is 1. The average Bonchev–Trinajstić information content (AvgIpc) is 3.04. The molecule has 0 aliphatic rings. The van der Waals surface area contributed by atoms with Crippen LogP contribution >= 0.6 is 0 Å². The van der Waals surface area contributed by atoms with E-state index >= 15 is 0 Å². The summed E-state index contributed by atoms with van der Waals surface area (Å²) in [6, 6.07) is 7.20. The maximum Gasteiger partial charge on any atom is 0.272 e. The Balaban J connectivity index is 1.79. The van der Waals surface area contributed by atoms with E-state index in [9.17, 15) is 13.6 Å². The van der Waals surface area contributed by atoms with E-state index in [4.69, 9.17) is 4.74 Å². The summed E-state index contributed by atoms with van der Waals surface area (Å²) in [6.45, 7) is 1.70. The topological polar surface area (TPSA) is 69.0 Å². The van der Waals surface area contributed by atoms with Gasteiger partial charge < -0.3 is 10.1 Å². The smallest absolute Gasteiger partial charge is 0.272 e. The molecule has 0 saturated heterocycles. The molecule has 0 spiro atoms. The molecule has 6 nitrogen and oxygen atoms in total. The Hall–Kier alpha value is -3.03. The van der Waals surface area contributed by atoms with Gasteiger partial charge in [-0.15, -0.1) is 0 Å². The largest absolute Gasteiger partial charge is 0.487 e. The molecule has 1 amide bonds. The molecule has 1 N–H and O–H groups in total. The van der Waals surface area contributed by atoms with Crippen molar-refractivity contribution in [3.63, 3.8) is 0 Å². The fourth-order valence-electron chi connectivity index (χ4n) is 2.82. The van der Waals surface area contributed by atoms with Gasteiger partial charge in [0.2, 0.25) is 5.91 Å². The summed E-state index contributed by atoms with van der Waals surface area (Å²) < 4.78 is 31.4. The molecule has 27 heavy (non-hydrogen) atoms. The normalized spacial score (nSPS) is 11.1. The fourth-order valence-corrected chi connectivity index (χ4v) is 2.82. The van der Waals surface area contributed by atoms with E-state index in [-0.39, 0.29) is 12.3 Å². The van der Waals surface area contributed by atoms with Crippen molar-refractivity contribution in [2.45, 2.75) is 26.3 Å². The molecule has 0 aliphatic carbocycles. The number of fused-ring (bicyclic) bond motifs is 1. The van der Waals surface area contributed by atoms with E-state index in [2.05, 4.69) is 15.4 Å². The third kappa shape index (κ3) is 4.58. The second-order valence-corrected chi connectivity index (χ2v) is 6.17. The first-order valence-corrected chi connectivity index (χ1v) is 8.48. The highest BCUT2D eigenvalue weighted by Gasteiger charge is 2.11. The first-order valence-electron chi connectivity index (χ1n) is 8.48. The first kappa shape index (κ1) is 18.8.